The molecule has 1 N–H and O–H groups in total. The zero-order chi connectivity index (χ0) is 19.3. The molecule has 0 fully saturated rings. The number of rotatable bonds is 6. The highest BCUT2D eigenvalue weighted by Gasteiger charge is 2.41. The number of amides is 1. The number of hydrogen-bond donors (Lipinski definition) is 1. The molecule has 0 unspecified atom stereocenters. The molecule has 0 heterocycles. The van der Waals surface area contributed by atoms with E-state index in [2.05, 4.69) is 59.1 Å². The highest BCUT2D eigenvalue weighted by atomic mass is 28.4. The molecule has 0 aromatic rings. The van der Waals surface area contributed by atoms with Gasteiger partial charge in [0, 0.05) is 0 Å². The molecule has 1 amide bonds. The summed E-state index contributed by atoms with van der Waals surface area (Å²) in [5.41, 5.74) is -0.575. The Morgan fingerprint density at radius 3 is 2.00 bits per heavy atom. The van der Waals surface area contributed by atoms with Crippen LogP contribution in [-0.2, 0) is 9.16 Å². The van der Waals surface area contributed by atoms with Gasteiger partial charge in [-0.3, -0.25) is 0 Å². The van der Waals surface area contributed by atoms with Gasteiger partial charge in [-0.25, -0.2) is 4.79 Å². The average molecular weight is 357 g/mol. The third kappa shape index (κ3) is 8.16. The maximum atomic E-state index is 12.1. The Hall–Kier alpha value is -1.06. The van der Waals surface area contributed by atoms with Crippen LogP contribution in [0, 0.1) is 17.2 Å². The summed E-state index contributed by atoms with van der Waals surface area (Å²) in [5, 5.41) is 12.5. The summed E-state index contributed by atoms with van der Waals surface area (Å²) in [6.45, 7) is 20.2. The lowest BCUT2D eigenvalue weighted by Gasteiger charge is -2.39. The number of nitrogens with zero attached hydrogens (tertiary/aromatic N) is 1. The van der Waals surface area contributed by atoms with Crippen LogP contribution in [0.5, 0.6) is 0 Å². The minimum absolute atomic E-state index is 0.00357. The average Bonchev–Trinajstić information content (AvgIpc) is 2.30. The molecule has 6 heteroatoms. The Morgan fingerprint density at radius 1 is 1.17 bits per heavy atom. The second-order valence-corrected chi connectivity index (χ2v) is 14.1. The maximum Gasteiger partial charge on any atom is 0.407 e. The van der Waals surface area contributed by atoms with Gasteiger partial charge < -0.3 is 14.5 Å². The van der Waals surface area contributed by atoms with Crippen molar-refractivity contribution < 1.29 is 14.0 Å². The van der Waals surface area contributed by atoms with E-state index in [0.29, 0.717) is 12.3 Å². The van der Waals surface area contributed by atoms with E-state index in [1.54, 1.807) is 0 Å². The number of nitrogens with one attached hydrogen (secondary N) is 1. The van der Waals surface area contributed by atoms with Gasteiger partial charge in [-0.15, -0.1) is 0 Å². The molecule has 0 saturated heterocycles. The summed E-state index contributed by atoms with van der Waals surface area (Å²) in [6, 6.07) is 1.86. The molecule has 0 saturated carbocycles. The van der Waals surface area contributed by atoms with E-state index in [-0.39, 0.29) is 11.1 Å². The van der Waals surface area contributed by atoms with Crippen molar-refractivity contribution in [2.24, 2.45) is 5.92 Å². The van der Waals surface area contributed by atoms with E-state index in [0.717, 1.165) is 0 Å². The molecule has 24 heavy (non-hydrogen) atoms. The van der Waals surface area contributed by atoms with Crippen LogP contribution in [0.1, 0.15) is 61.8 Å². The van der Waals surface area contributed by atoms with Gasteiger partial charge in [0.2, 0.25) is 0 Å². The zero-order valence-electron chi connectivity index (χ0n) is 17.1. The molecule has 0 bridgehead atoms. The fraction of sp³-hybridized carbons (Fsp3) is 0.889. The normalized spacial score (nSPS) is 15.6. The predicted molar refractivity (Wildman–Crippen MR) is 100 cm³/mol. The maximum absolute atomic E-state index is 12.1. The molecular formula is C18H36N2O3Si. The number of alkyl carbamates (subject to hydrolysis) is 1. The lowest BCUT2D eigenvalue weighted by molar-refractivity contribution is 0.0452. The topological polar surface area (TPSA) is 71.3 Å². The summed E-state index contributed by atoms with van der Waals surface area (Å²) in [6.07, 6.45) is -0.528. The minimum Gasteiger partial charge on any atom is -0.444 e. The lowest BCUT2D eigenvalue weighted by atomic mass is 10.00. The smallest absolute Gasteiger partial charge is 0.407 e. The SMILES string of the molecule is CC(C)C[C@@H](NC(=O)OC(C)(C)C)[C@@H](C#N)O[Si](C)(C)C(C)(C)C. The second-order valence-electron chi connectivity index (χ2n) is 9.31. The van der Waals surface area contributed by atoms with E-state index in [1.807, 2.05) is 20.8 Å². The first-order chi connectivity index (χ1) is 10.6. The van der Waals surface area contributed by atoms with Crippen LogP contribution in [0.3, 0.4) is 0 Å². The van der Waals surface area contributed by atoms with Crippen molar-refractivity contribution in [1.29, 1.82) is 5.26 Å². The Balaban J connectivity index is 5.26. The fourth-order valence-corrected chi connectivity index (χ4v) is 3.12. The monoisotopic (exact) mass is 356 g/mol. The van der Waals surface area contributed by atoms with Gasteiger partial charge in [0.1, 0.15) is 5.60 Å². The molecule has 0 aliphatic rings. The van der Waals surface area contributed by atoms with Crippen LogP contribution in [0.25, 0.3) is 0 Å². The molecule has 5 nitrogen and oxygen atoms in total. The van der Waals surface area contributed by atoms with Gasteiger partial charge >= 0.3 is 6.09 Å². The summed E-state index contributed by atoms with van der Waals surface area (Å²) in [5.74, 6) is 0.323. The van der Waals surface area contributed by atoms with Gasteiger partial charge in [0.25, 0.3) is 0 Å². The summed E-state index contributed by atoms with van der Waals surface area (Å²) < 4.78 is 11.6. The first-order valence-electron chi connectivity index (χ1n) is 8.66. The van der Waals surface area contributed by atoms with E-state index in [9.17, 15) is 10.1 Å². The van der Waals surface area contributed by atoms with Crippen LogP contribution in [-0.4, -0.2) is 32.2 Å². The van der Waals surface area contributed by atoms with Crippen LogP contribution in [0.4, 0.5) is 4.79 Å². The van der Waals surface area contributed by atoms with Crippen molar-refractivity contribution in [3.05, 3.63) is 0 Å². The van der Waals surface area contributed by atoms with Crippen molar-refractivity contribution >= 4 is 14.4 Å². The molecule has 0 aromatic heterocycles. The fourth-order valence-electron chi connectivity index (χ4n) is 1.92. The Labute approximate surface area is 149 Å². The van der Waals surface area contributed by atoms with E-state index >= 15 is 0 Å². The molecule has 0 rings (SSSR count). The quantitative estimate of drug-likeness (QED) is 0.691. The second kappa shape index (κ2) is 8.35. The van der Waals surface area contributed by atoms with Gasteiger partial charge in [-0.2, -0.15) is 5.26 Å². The van der Waals surface area contributed by atoms with Crippen molar-refractivity contribution in [1.82, 2.24) is 5.32 Å². The Kier molecular flexibility index (Phi) is 7.98. The van der Waals surface area contributed by atoms with Gasteiger partial charge in [-0.05, 0) is 51.2 Å². The van der Waals surface area contributed by atoms with Crippen LogP contribution >= 0.6 is 0 Å². The summed E-state index contributed by atoms with van der Waals surface area (Å²) in [4.78, 5) is 12.1. The third-order valence-corrected chi connectivity index (χ3v) is 8.60. The Bertz CT molecular complexity index is 456. The van der Waals surface area contributed by atoms with Crippen molar-refractivity contribution in [2.75, 3.05) is 0 Å². The highest BCUT2D eigenvalue weighted by Crippen LogP contribution is 2.37. The highest BCUT2D eigenvalue weighted by molar-refractivity contribution is 6.74. The van der Waals surface area contributed by atoms with Gasteiger partial charge in [0.15, 0.2) is 14.4 Å². The zero-order valence-corrected chi connectivity index (χ0v) is 18.1. The van der Waals surface area contributed by atoms with E-state index < -0.39 is 26.1 Å². The number of carbonyl (C=O) groups is 1. The van der Waals surface area contributed by atoms with Crippen LogP contribution in [0.15, 0.2) is 0 Å². The summed E-state index contributed by atoms with van der Waals surface area (Å²) in [7, 11) is -2.12. The first kappa shape index (κ1) is 22.9. The van der Waals surface area contributed by atoms with E-state index in [1.165, 1.54) is 0 Å². The van der Waals surface area contributed by atoms with Crippen LogP contribution < -0.4 is 5.32 Å². The van der Waals surface area contributed by atoms with Gasteiger partial charge in [0.05, 0.1) is 12.1 Å². The number of hydrogen-bond acceptors (Lipinski definition) is 4. The molecule has 0 aromatic carbocycles. The first-order valence-corrected chi connectivity index (χ1v) is 11.6. The van der Waals surface area contributed by atoms with Crippen molar-refractivity contribution in [2.45, 2.75) is 97.7 Å². The van der Waals surface area contributed by atoms with Crippen molar-refractivity contribution in [3.63, 3.8) is 0 Å². The lowest BCUT2D eigenvalue weighted by Crippen LogP contribution is -2.52. The Morgan fingerprint density at radius 2 is 1.67 bits per heavy atom. The third-order valence-electron chi connectivity index (χ3n) is 4.15. The van der Waals surface area contributed by atoms with E-state index in [4.69, 9.17) is 9.16 Å². The molecular weight excluding hydrogens is 320 g/mol. The number of nitriles is 1. The molecule has 0 aliphatic carbocycles. The molecule has 0 aliphatic heterocycles. The predicted octanol–water partition coefficient (Wildman–Crippen LogP) is 4.84. The summed E-state index contributed by atoms with van der Waals surface area (Å²) >= 11 is 0. The van der Waals surface area contributed by atoms with Gasteiger partial charge in [-0.1, -0.05) is 34.6 Å². The van der Waals surface area contributed by atoms with Crippen molar-refractivity contribution in [3.8, 4) is 6.07 Å². The molecule has 0 spiro atoms. The standard InChI is InChI=1S/C18H36N2O3Si/c1-13(2)11-14(20-16(21)22-17(3,4)5)15(12-19)23-24(9,10)18(6,7)8/h13-15H,11H2,1-10H3,(H,20,21)/t14-,15-/m1/s1. The number of ether oxygens (including phenoxy) is 1. The largest absolute Gasteiger partial charge is 0.444 e. The minimum atomic E-state index is -2.12. The number of carbonyl (C=O) groups excluding carboxylic acids is 1. The molecule has 0 radical (unpaired) electrons. The molecule has 2 atom stereocenters. The molecule has 140 valence electrons. The van der Waals surface area contributed by atoms with Crippen LogP contribution in [0.2, 0.25) is 18.1 Å².